The lowest BCUT2D eigenvalue weighted by Gasteiger charge is -2.10. The topological polar surface area (TPSA) is 114 Å². The third-order valence-electron chi connectivity index (χ3n) is 4.96. The molecule has 3 aromatic carbocycles. The summed E-state index contributed by atoms with van der Waals surface area (Å²) in [4.78, 5) is 24.8. The minimum atomic E-state index is -3.82. The van der Waals surface area contributed by atoms with E-state index in [-0.39, 0.29) is 17.0 Å². The number of hydrogen-bond acceptors (Lipinski definition) is 5. The molecule has 8 nitrogen and oxygen atoms in total. The molecular weight excluding hydrogens is 430 g/mol. The Kier molecular flexibility index (Phi) is 6.20. The molecule has 0 aromatic heterocycles. The molecule has 0 unspecified atom stereocenters. The van der Waals surface area contributed by atoms with Crippen molar-refractivity contribution >= 4 is 21.8 Å². The van der Waals surface area contributed by atoms with Crippen molar-refractivity contribution in [1.29, 1.82) is 0 Å². The second-order valence-corrected chi connectivity index (χ2v) is 8.93. The molecule has 0 spiro atoms. The molecule has 0 saturated heterocycles. The van der Waals surface area contributed by atoms with Gasteiger partial charge in [0.15, 0.2) is 0 Å². The standard InChI is InChI=1S/C23H21N3O5S/c27-22(25-26-23(28)19-9-10-21-17(13-19)11-12-31-21)18-7-4-8-20(14-18)32(29,30)24-15-16-5-2-1-3-6-16/h1-10,13-14,24H,11-12,15H2,(H,25,27)(H,26,28). The number of nitrogens with one attached hydrogen (secondary N) is 3. The van der Waals surface area contributed by atoms with E-state index in [2.05, 4.69) is 15.6 Å². The number of carbonyl (C=O) groups is 2. The van der Waals surface area contributed by atoms with Crippen LogP contribution in [0.1, 0.15) is 31.8 Å². The van der Waals surface area contributed by atoms with Gasteiger partial charge in [-0.05, 0) is 47.5 Å². The van der Waals surface area contributed by atoms with Gasteiger partial charge >= 0.3 is 0 Å². The van der Waals surface area contributed by atoms with Crippen molar-refractivity contribution in [2.75, 3.05) is 6.61 Å². The fraction of sp³-hybridized carbons (Fsp3) is 0.130. The second-order valence-electron chi connectivity index (χ2n) is 7.17. The van der Waals surface area contributed by atoms with Crippen molar-refractivity contribution in [3.8, 4) is 5.75 Å². The number of ether oxygens (including phenoxy) is 1. The van der Waals surface area contributed by atoms with Crippen molar-refractivity contribution < 1.29 is 22.7 Å². The van der Waals surface area contributed by atoms with Crippen LogP contribution in [0.25, 0.3) is 0 Å². The Bertz CT molecular complexity index is 1260. The van der Waals surface area contributed by atoms with Gasteiger partial charge < -0.3 is 4.74 Å². The van der Waals surface area contributed by atoms with E-state index in [9.17, 15) is 18.0 Å². The Morgan fingerprint density at radius 1 is 0.844 bits per heavy atom. The first-order chi connectivity index (χ1) is 15.4. The Morgan fingerprint density at radius 3 is 2.31 bits per heavy atom. The van der Waals surface area contributed by atoms with Gasteiger partial charge in [0, 0.05) is 24.1 Å². The van der Waals surface area contributed by atoms with E-state index in [1.54, 1.807) is 18.2 Å². The summed E-state index contributed by atoms with van der Waals surface area (Å²) in [5.74, 6) is -0.367. The number of benzene rings is 3. The molecule has 0 atom stereocenters. The highest BCUT2D eigenvalue weighted by Gasteiger charge is 2.18. The van der Waals surface area contributed by atoms with Crippen molar-refractivity contribution in [3.63, 3.8) is 0 Å². The van der Waals surface area contributed by atoms with Crippen LogP contribution in [-0.4, -0.2) is 26.8 Å². The lowest BCUT2D eigenvalue weighted by atomic mass is 10.1. The van der Waals surface area contributed by atoms with Crippen LogP contribution in [0.5, 0.6) is 5.75 Å². The third-order valence-corrected chi connectivity index (χ3v) is 6.36. The minimum absolute atomic E-state index is 0.0500. The molecule has 1 aliphatic rings. The van der Waals surface area contributed by atoms with Crippen molar-refractivity contribution in [1.82, 2.24) is 15.6 Å². The summed E-state index contributed by atoms with van der Waals surface area (Å²) in [6.07, 6.45) is 0.725. The maximum atomic E-state index is 12.6. The molecule has 0 saturated carbocycles. The van der Waals surface area contributed by atoms with Gasteiger partial charge in [0.25, 0.3) is 11.8 Å². The average molecular weight is 452 g/mol. The molecule has 3 aromatic rings. The Balaban J connectivity index is 1.39. The summed E-state index contributed by atoms with van der Waals surface area (Å²) in [5.41, 5.74) is 6.89. The fourth-order valence-corrected chi connectivity index (χ4v) is 4.31. The van der Waals surface area contributed by atoms with Gasteiger partial charge in [0.2, 0.25) is 10.0 Å². The molecular formula is C23H21N3O5S. The van der Waals surface area contributed by atoms with E-state index in [1.165, 1.54) is 24.3 Å². The molecule has 2 amide bonds. The molecule has 32 heavy (non-hydrogen) atoms. The van der Waals surface area contributed by atoms with E-state index >= 15 is 0 Å². The van der Waals surface area contributed by atoms with Gasteiger partial charge in [-0.25, -0.2) is 13.1 Å². The van der Waals surface area contributed by atoms with Gasteiger partial charge in [0.1, 0.15) is 5.75 Å². The smallest absolute Gasteiger partial charge is 0.269 e. The minimum Gasteiger partial charge on any atom is -0.493 e. The molecule has 1 heterocycles. The van der Waals surface area contributed by atoms with Gasteiger partial charge in [0.05, 0.1) is 11.5 Å². The van der Waals surface area contributed by atoms with Crippen LogP contribution < -0.4 is 20.3 Å². The predicted molar refractivity (Wildman–Crippen MR) is 117 cm³/mol. The maximum Gasteiger partial charge on any atom is 0.269 e. The van der Waals surface area contributed by atoms with Crippen LogP contribution in [0.2, 0.25) is 0 Å². The summed E-state index contributed by atoms with van der Waals surface area (Å²) >= 11 is 0. The lowest BCUT2D eigenvalue weighted by Crippen LogP contribution is -2.41. The van der Waals surface area contributed by atoms with Gasteiger partial charge in [-0.15, -0.1) is 0 Å². The summed E-state index contributed by atoms with van der Waals surface area (Å²) < 4.78 is 33.1. The summed E-state index contributed by atoms with van der Waals surface area (Å²) in [6, 6.07) is 19.7. The average Bonchev–Trinajstić information content (AvgIpc) is 3.30. The molecule has 0 radical (unpaired) electrons. The number of hydrazine groups is 1. The number of rotatable bonds is 6. The molecule has 9 heteroatoms. The van der Waals surface area contributed by atoms with E-state index in [0.717, 1.165) is 23.3 Å². The second kappa shape index (κ2) is 9.21. The zero-order valence-corrected chi connectivity index (χ0v) is 17.8. The van der Waals surface area contributed by atoms with Crippen LogP contribution >= 0.6 is 0 Å². The van der Waals surface area contributed by atoms with E-state index in [4.69, 9.17) is 4.74 Å². The molecule has 0 bridgehead atoms. The number of carbonyl (C=O) groups excluding carboxylic acids is 2. The first kappa shape index (κ1) is 21.5. The maximum absolute atomic E-state index is 12.6. The number of hydrogen-bond donors (Lipinski definition) is 3. The van der Waals surface area contributed by atoms with Crippen LogP contribution in [0.3, 0.4) is 0 Å². The lowest BCUT2D eigenvalue weighted by molar-refractivity contribution is 0.0846. The summed E-state index contributed by atoms with van der Waals surface area (Å²) in [5, 5.41) is 0. The summed E-state index contributed by atoms with van der Waals surface area (Å²) in [6.45, 7) is 0.706. The largest absolute Gasteiger partial charge is 0.493 e. The molecule has 0 aliphatic carbocycles. The van der Waals surface area contributed by atoms with Crippen molar-refractivity contribution in [3.05, 3.63) is 95.1 Å². The Morgan fingerprint density at radius 2 is 1.56 bits per heavy atom. The van der Waals surface area contributed by atoms with E-state index in [1.807, 2.05) is 30.3 Å². The molecule has 1 aliphatic heterocycles. The van der Waals surface area contributed by atoms with Gasteiger partial charge in [-0.1, -0.05) is 36.4 Å². The van der Waals surface area contributed by atoms with Crippen LogP contribution in [0, 0.1) is 0 Å². The van der Waals surface area contributed by atoms with Crippen molar-refractivity contribution in [2.45, 2.75) is 17.9 Å². The van der Waals surface area contributed by atoms with Crippen molar-refractivity contribution in [2.24, 2.45) is 0 Å². The fourth-order valence-electron chi connectivity index (χ4n) is 3.25. The molecule has 0 fully saturated rings. The highest BCUT2D eigenvalue weighted by atomic mass is 32.2. The zero-order valence-electron chi connectivity index (χ0n) is 17.0. The molecule has 164 valence electrons. The van der Waals surface area contributed by atoms with Crippen LogP contribution in [0.15, 0.2) is 77.7 Å². The first-order valence-corrected chi connectivity index (χ1v) is 11.4. The number of amides is 2. The van der Waals surface area contributed by atoms with Crippen LogP contribution in [-0.2, 0) is 23.0 Å². The van der Waals surface area contributed by atoms with Crippen LogP contribution in [0.4, 0.5) is 0 Å². The molecule has 4 rings (SSSR count). The summed E-state index contributed by atoms with van der Waals surface area (Å²) in [7, 11) is -3.82. The highest BCUT2D eigenvalue weighted by Crippen LogP contribution is 2.25. The Labute approximate surface area is 185 Å². The Hall–Kier alpha value is -3.69. The first-order valence-electron chi connectivity index (χ1n) is 9.92. The van der Waals surface area contributed by atoms with E-state index < -0.39 is 21.8 Å². The highest BCUT2D eigenvalue weighted by molar-refractivity contribution is 7.89. The zero-order chi connectivity index (χ0) is 22.6. The quantitative estimate of drug-likeness (QED) is 0.497. The van der Waals surface area contributed by atoms with E-state index in [0.29, 0.717) is 12.2 Å². The number of fused-ring (bicyclic) bond motifs is 1. The monoisotopic (exact) mass is 451 g/mol. The van der Waals surface area contributed by atoms with Gasteiger partial charge in [-0.2, -0.15) is 0 Å². The molecule has 3 N–H and O–H groups in total. The third kappa shape index (κ3) is 4.96. The number of sulfonamides is 1. The van der Waals surface area contributed by atoms with Gasteiger partial charge in [-0.3, -0.25) is 20.4 Å². The SMILES string of the molecule is O=C(NNC(=O)c1ccc2c(c1)CCO2)c1cccc(S(=O)(=O)NCc2ccccc2)c1. The normalized spacial score (nSPS) is 12.5. The predicted octanol–water partition coefficient (Wildman–Crippen LogP) is 2.17.